The van der Waals surface area contributed by atoms with Crippen molar-refractivity contribution in [3.63, 3.8) is 0 Å². The van der Waals surface area contributed by atoms with Crippen LogP contribution in [0.3, 0.4) is 0 Å². The van der Waals surface area contributed by atoms with Gasteiger partial charge in [0.05, 0.1) is 22.1 Å². The van der Waals surface area contributed by atoms with Crippen molar-refractivity contribution in [1.29, 1.82) is 0 Å². The number of likely N-dealkylation sites (N-methyl/N-ethyl adjacent to an activating group) is 1. The van der Waals surface area contributed by atoms with Crippen molar-refractivity contribution in [2.75, 3.05) is 6.54 Å². The van der Waals surface area contributed by atoms with E-state index in [1.165, 1.54) is 5.69 Å². The molecule has 0 radical (unpaired) electrons. The van der Waals surface area contributed by atoms with E-state index in [4.69, 9.17) is 0 Å². The minimum absolute atomic E-state index is 0.215. The first-order valence-electron chi connectivity index (χ1n) is 6.87. The van der Waals surface area contributed by atoms with Crippen molar-refractivity contribution in [2.24, 2.45) is 7.05 Å². The molecule has 1 N–H and O–H groups in total. The minimum atomic E-state index is 0.215. The lowest BCUT2D eigenvalue weighted by atomic mass is 10.0. The molecule has 0 spiro atoms. The molecule has 20 heavy (non-hydrogen) atoms. The van der Waals surface area contributed by atoms with Gasteiger partial charge in [-0.15, -0.1) is 0 Å². The fourth-order valence-electron chi connectivity index (χ4n) is 2.30. The molecule has 2 heterocycles. The summed E-state index contributed by atoms with van der Waals surface area (Å²) in [7, 11) is 1.99. The molecular formula is C14H20BrN5. The molecule has 5 nitrogen and oxygen atoms in total. The second-order valence-electron chi connectivity index (χ2n) is 4.67. The van der Waals surface area contributed by atoms with Gasteiger partial charge in [-0.05, 0) is 40.5 Å². The Hall–Kier alpha value is -1.27. The average molecular weight is 338 g/mol. The Balaban J connectivity index is 2.27. The van der Waals surface area contributed by atoms with Gasteiger partial charge in [0, 0.05) is 25.7 Å². The van der Waals surface area contributed by atoms with E-state index in [0.29, 0.717) is 0 Å². The normalized spacial score (nSPS) is 12.6. The van der Waals surface area contributed by atoms with Crippen LogP contribution in [0.5, 0.6) is 0 Å². The highest BCUT2D eigenvalue weighted by atomic mass is 79.9. The standard InChI is InChI=1S/C14H20BrN5/c1-4-11-14(15)13(20(3)19-11)8-12(16-5-2)10-6-7-17-18-9-10/h6-7,9,12,16H,4-5,8H2,1-3H3. The summed E-state index contributed by atoms with van der Waals surface area (Å²) in [5.74, 6) is 0. The number of aromatic nitrogens is 4. The van der Waals surface area contributed by atoms with Crippen LogP contribution in [0, 0.1) is 0 Å². The van der Waals surface area contributed by atoms with Crippen molar-refractivity contribution >= 4 is 15.9 Å². The van der Waals surface area contributed by atoms with Crippen LogP contribution < -0.4 is 5.32 Å². The van der Waals surface area contributed by atoms with Crippen molar-refractivity contribution in [2.45, 2.75) is 32.7 Å². The predicted molar refractivity (Wildman–Crippen MR) is 82.4 cm³/mol. The van der Waals surface area contributed by atoms with Gasteiger partial charge in [-0.3, -0.25) is 4.68 Å². The van der Waals surface area contributed by atoms with Crippen molar-refractivity contribution < 1.29 is 0 Å². The molecule has 0 saturated heterocycles. The van der Waals surface area contributed by atoms with Gasteiger partial charge < -0.3 is 5.32 Å². The number of rotatable bonds is 6. The molecule has 2 aromatic heterocycles. The van der Waals surface area contributed by atoms with Gasteiger partial charge in [0.25, 0.3) is 0 Å². The molecule has 0 saturated carbocycles. The van der Waals surface area contributed by atoms with Crippen LogP contribution in [0.1, 0.15) is 36.8 Å². The van der Waals surface area contributed by atoms with Crippen molar-refractivity contribution in [1.82, 2.24) is 25.3 Å². The summed E-state index contributed by atoms with van der Waals surface area (Å²) in [5, 5.41) is 15.9. The molecule has 0 amide bonds. The fraction of sp³-hybridized carbons (Fsp3) is 0.500. The molecule has 0 aliphatic heterocycles. The third-order valence-electron chi connectivity index (χ3n) is 3.36. The molecule has 2 aromatic rings. The Morgan fingerprint density at radius 1 is 1.35 bits per heavy atom. The van der Waals surface area contributed by atoms with Crippen LogP contribution in [0.2, 0.25) is 0 Å². The second-order valence-corrected chi connectivity index (χ2v) is 5.47. The highest BCUT2D eigenvalue weighted by molar-refractivity contribution is 9.10. The number of halogens is 1. The lowest BCUT2D eigenvalue weighted by molar-refractivity contribution is 0.525. The highest BCUT2D eigenvalue weighted by Crippen LogP contribution is 2.26. The average Bonchev–Trinajstić information content (AvgIpc) is 2.75. The maximum Gasteiger partial charge on any atom is 0.0766 e. The molecule has 1 unspecified atom stereocenters. The lowest BCUT2D eigenvalue weighted by Crippen LogP contribution is -2.24. The number of hydrogen-bond acceptors (Lipinski definition) is 4. The fourth-order valence-corrected chi connectivity index (χ4v) is 3.07. The Morgan fingerprint density at radius 3 is 2.70 bits per heavy atom. The second kappa shape index (κ2) is 6.95. The first-order valence-corrected chi connectivity index (χ1v) is 7.66. The van der Waals surface area contributed by atoms with E-state index in [1.807, 2.05) is 24.0 Å². The monoisotopic (exact) mass is 337 g/mol. The Morgan fingerprint density at radius 2 is 2.15 bits per heavy atom. The molecule has 2 rings (SSSR count). The third kappa shape index (κ3) is 3.24. The SMILES string of the molecule is CCNC(Cc1c(Br)c(CC)nn1C)c1ccnnc1. The largest absolute Gasteiger partial charge is 0.310 e. The number of nitrogens with zero attached hydrogens (tertiary/aromatic N) is 4. The van der Waals surface area contributed by atoms with Gasteiger partial charge in [0.1, 0.15) is 0 Å². The summed E-state index contributed by atoms with van der Waals surface area (Å²) in [6.45, 7) is 5.13. The number of aryl methyl sites for hydroxylation is 2. The van der Waals surface area contributed by atoms with E-state index in [9.17, 15) is 0 Å². The van der Waals surface area contributed by atoms with Crippen LogP contribution in [-0.4, -0.2) is 26.5 Å². The first kappa shape index (κ1) is 15.1. The highest BCUT2D eigenvalue weighted by Gasteiger charge is 2.18. The van der Waals surface area contributed by atoms with Gasteiger partial charge in [-0.2, -0.15) is 15.3 Å². The van der Waals surface area contributed by atoms with Gasteiger partial charge in [0.15, 0.2) is 0 Å². The first-order chi connectivity index (χ1) is 9.67. The zero-order valence-corrected chi connectivity index (χ0v) is 13.7. The Bertz CT molecular complexity index is 552. The minimum Gasteiger partial charge on any atom is -0.310 e. The van der Waals surface area contributed by atoms with Crippen LogP contribution in [-0.2, 0) is 19.9 Å². The maximum absolute atomic E-state index is 4.55. The van der Waals surface area contributed by atoms with E-state index in [1.54, 1.807) is 6.20 Å². The van der Waals surface area contributed by atoms with Crippen LogP contribution in [0.4, 0.5) is 0 Å². The molecule has 108 valence electrons. The molecule has 6 heteroatoms. The van der Waals surface area contributed by atoms with E-state index >= 15 is 0 Å². The summed E-state index contributed by atoms with van der Waals surface area (Å²) in [5.41, 5.74) is 3.45. The molecule has 0 aromatic carbocycles. The molecule has 0 aliphatic carbocycles. The van der Waals surface area contributed by atoms with E-state index in [-0.39, 0.29) is 6.04 Å². The van der Waals surface area contributed by atoms with Crippen LogP contribution >= 0.6 is 15.9 Å². The molecule has 0 bridgehead atoms. The summed E-state index contributed by atoms with van der Waals surface area (Å²) in [6.07, 6.45) is 5.34. The Labute approximate surface area is 127 Å². The van der Waals surface area contributed by atoms with Crippen LogP contribution in [0.15, 0.2) is 22.9 Å². The third-order valence-corrected chi connectivity index (χ3v) is 4.28. The topological polar surface area (TPSA) is 55.6 Å². The lowest BCUT2D eigenvalue weighted by Gasteiger charge is -2.18. The van der Waals surface area contributed by atoms with Crippen molar-refractivity contribution in [3.05, 3.63) is 39.9 Å². The van der Waals surface area contributed by atoms with E-state index in [2.05, 4.69) is 50.4 Å². The van der Waals surface area contributed by atoms with Crippen LogP contribution in [0.25, 0.3) is 0 Å². The molecule has 1 atom stereocenters. The molecule has 0 aliphatic rings. The van der Waals surface area contributed by atoms with Crippen molar-refractivity contribution in [3.8, 4) is 0 Å². The van der Waals surface area contributed by atoms with Gasteiger partial charge >= 0.3 is 0 Å². The zero-order valence-electron chi connectivity index (χ0n) is 12.1. The number of nitrogens with one attached hydrogen (secondary N) is 1. The van der Waals surface area contributed by atoms with E-state index in [0.717, 1.165) is 35.1 Å². The van der Waals surface area contributed by atoms with Gasteiger partial charge in [-0.25, -0.2) is 0 Å². The smallest absolute Gasteiger partial charge is 0.0766 e. The summed E-state index contributed by atoms with van der Waals surface area (Å²) < 4.78 is 3.08. The predicted octanol–water partition coefficient (Wildman–Crippen LogP) is 2.43. The van der Waals surface area contributed by atoms with Gasteiger partial charge in [0.2, 0.25) is 0 Å². The molecule has 0 fully saturated rings. The summed E-state index contributed by atoms with van der Waals surface area (Å²) >= 11 is 3.68. The molecular weight excluding hydrogens is 318 g/mol. The van der Waals surface area contributed by atoms with Gasteiger partial charge in [-0.1, -0.05) is 13.8 Å². The van der Waals surface area contributed by atoms with E-state index < -0.39 is 0 Å². The Kier molecular flexibility index (Phi) is 5.25. The number of hydrogen-bond donors (Lipinski definition) is 1. The quantitative estimate of drug-likeness (QED) is 0.879. The summed E-state index contributed by atoms with van der Waals surface area (Å²) in [6, 6.07) is 2.22. The maximum atomic E-state index is 4.55. The summed E-state index contributed by atoms with van der Waals surface area (Å²) in [4.78, 5) is 0. The zero-order chi connectivity index (χ0) is 14.5.